The number of carbonyl (C=O) groups is 1. The third-order valence-electron chi connectivity index (χ3n) is 5.13. The summed E-state index contributed by atoms with van der Waals surface area (Å²) in [5.41, 5.74) is 0.220. The lowest BCUT2D eigenvalue weighted by atomic mass is 10.1. The van der Waals surface area contributed by atoms with Crippen molar-refractivity contribution in [3.63, 3.8) is 0 Å². The summed E-state index contributed by atoms with van der Waals surface area (Å²) < 4.78 is 21.2. The van der Waals surface area contributed by atoms with Crippen LogP contribution >= 0.6 is 0 Å². The number of fused-ring (bicyclic) bond motifs is 2. The fraction of sp³-hybridized carbons (Fsp3) is 0.160. The lowest BCUT2D eigenvalue weighted by Gasteiger charge is -2.08. The topological polar surface area (TPSA) is 108 Å². The van der Waals surface area contributed by atoms with Crippen molar-refractivity contribution < 1.29 is 23.1 Å². The number of rotatable bonds is 7. The maximum atomic E-state index is 12.7. The summed E-state index contributed by atoms with van der Waals surface area (Å²) in [6.45, 7) is 0.620. The number of carbonyl (C=O) groups excluding carboxylic acids is 1. The van der Waals surface area contributed by atoms with Crippen molar-refractivity contribution in [3.8, 4) is 11.5 Å². The van der Waals surface area contributed by atoms with Gasteiger partial charge in [0, 0.05) is 24.1 Å². The molecule has 1 N–H and O–H groups in total. The second-order valence-corrected chi connectivity index (χ2v) is 7.28. The molecule has 168 valence electrons. The number of allylic oxidation sites excluding steroid dienone is 1. The monoisotopic (exact) mass is 447 g/mol. The molecule has 0 fully saturated rings. The Kier molecular flexibility index (Phi) is 6.10. The number of methoxy groups -OCH3 is 2. The Balaban J connectivity index is 1.69. The number of ether oxygens (including phenoxy) is 2. The molecule has 4 rings (SSSR count). The van der Waals surface area contributed by atoms with E-state index >= 15 is 0 Å². The average Bonchev–Trinajstić information content (AvgIpc) is 2.81. The summed E-state index contributed by atoms with van der Waals surface area (Å²) in [6.07, 6.45) is 2.44. The van der Waals surface area contributed by atoms with E-state index < -0.39 is 17.0 Å². The highest BCUT2D eigenvalue weighted by molar-refractivity contribution is 6.08. The summed E-state index contributed by atoms with van der Waals surface area (Å²) in [5, 5.41) is 4.18. The molecule has 0 radical (unpaired) electrons. The number of benzene rings is 2. The van der Waals surface area contributed by atoms with Gasteiger partial charge >= 0.3 is 11.3 Å². The highest BCUT2D eigenvalue weighted by atomic mass is 16.5. The van der Waals surface area contributed by atoms with E-state index in [0.717, 1.165) is 11.6 Å². The quantitative estimate of drug-likeness (QED) is 0.260. The van der Waals surface area contributed by atoms with Gasteiger partial charge in [-0.3, -0.25) is 4.79 Å². The molecule has 0 unspecified atom stereocenters. The first-order valence-corrected chi connectivity index (χ1v) is 10.1. The zero-order valence-corrected chi connectivity index (χ0v) is 18.3. The van der Waals surface area contributed by atoms with Crippen molar-refractivity contribution in [1.29, 1.82) is 0 Å². The van der Waals surface area contributed by atoms with Gasteiger partial charge in [-0.25, -0.2) is 9.59 Å². The molecule has 0 atom stereocenters. The predicted octanol–water partition coefficient (Wildman–Crippen LogP) is 3.53. The summed E-state index contributed by atoms with van der Waals surface area (Å²) in [4.78, 5) is 37.5. The average molecular weight is 447 g/mol. The van der Waals surface area contributed by atoms with Crippen LogP contribution in [0.5, 0.6) is 11.5 Å². The van der Waals surface area contributed by atoms with Crippen molar-refractivity contribution in [2.45, 2.75) is 6.54 Å². The van der Waals surface area contributed by atoms with Crippen molar-refractivity contribution in [2.75, 3.05) is 21.3 Å². The van der Waals surface area contributed by atoms with E-state index in [4.69, 9.17) is 18.3 Å². The number of nitrogens with one attached hydrogen (secondary N) is 1. The van der Waals surface area contributed by atoms with Gasteiger partial charge in [0.1, 0.15) is 28.2 Å². The predicted molar refractivity (Wildman–Crippen MR) is 124 cm³/mol. The van der Waals surface area contributed by atoms with Gasteiger partial charge in [-0.2, -0.15) is 0 Å². The molecule has 4 aromatic rings. The first kappa shape index (κ1) is 22.0. The molecule has 0 saturated heterocycles. The minimum Gasteiger partial charge on any atom is -0.496 e. The van der Waals surface area contributed by atoms with Crippen molar-refractivity contribution in [2.24, 2.45) is 0 Å². The fourth-order valence-electron chi connectivity index (χ4n) is 3.48. The summed E-state index contributed by atoms with van der Waals surface area (Å²) in [5.74, 6) is 0.329. The Bertz CT molecular complexity index is 1510. The Morgan fingerprint density at radius 3 is 2.48 bits per heavy atom. The summed E-state index contributed by atoms with van der Waals surface area (Å²) in [7, 11) is 4.79. The second kappa shape index (κ2) is 9.13. The van der Waals surface area contributed by atoms with E-state index in [1.165, 1.54) is 26.4 Å². The fourth-order valence-corrected chi connectivity index (χ4v) is 3.48. The Hall–Kier alpha value is -4.17. The van der Waals surface area contributed by atoms with Crippen LogP contribution in [0.1, 0.15) is 21.5 Å². The second-order valence-electron chi connectivity index (χ2n) is 7.28. The van der Waals surface area contributed by atoms with Crippen molar-refractivity contribution >= 4 is 33.8 Å². The third kappa shape index (κ3) is 4.42. The normalized spacial score (nSPS) is 11.4. The molecule has 8 heteroatoms. The first-order chi connectivity index (χ1) is 15.9. The van der Waals surface area contributed by atoms with E-state index in [-0.39, 0.29) is 16.7 Å². The van der Waals surface area contributed by atoms with Gasteiger partial charge in [0.15, 0.2) is 5.78 Å². The van der Waals surface area contributed by atoms with Crippen LogP contribution < -0.4 is 26.0 Å². The number of hydrogen-bond donors (Lipinski definition) is 1. The highest BCUT2D eigenvalue weighted by Crippen LogP contribution is 2.31. The van der Waals surface area contributed by atoms with E-state index in [0.29, 0.717) is 34.4 Å². The molecule has 0 aliphatic carbocycles. The van der Waals surface area contributed by atoms with E-state index in [1.54, 1.807) is 30.3 Å². The van der Waals surface area contributed by atoms with E-state index in [2.05, 4.69) is 5.32 Å². The molecule has 0 amide bonds. The lowest BCUT2D eigenvalue weighted by molar-refractivity contribution is 0.104. The van der Waals surface area contributed by atoms with Crippen LogP contribution in [0.25, 0.3) is 28.0 Å². The smallest absolute Gasteiger partial charge is 0.347 e. The van der Waals surface area contributed by atoms with Crippen LogP contribution in [0.2, 0.25) is 0 Å². The van der Waals surface area contributed by atoms with E-state index in [9.17, 15) is 14.4 Å². The van der Waals surface area contributed by atoms with Gasteiger partial charge in [0.2, 0.25) is 0 Å². The Morgan fingerprint density at radius 1 is 0.970 bits per heavy atom. The zero-order chi connectivity index (χ0) is 23.5. The van der Waals surface area contributed by atoms with Crippen LogP contribution in [0.15, 0.2) is 67.0 Å². The minimum absolute atomic E-state index is 0.126. The molecule has 2 aromatic carbocycles. The maximum absolute atomic E-state index is 12.7. The van der Waals surface area contributed by atoms with Crippen LogP contribution in [-0.2, 0) is 6.54 Å². The Labute approximate surface area is 188 Å². The molecule has 33 heavy (non-hydrogen) atoms. The molecule has 0 aliphatic heterocycles. The standard InChI is InChI=1S/C25H21NO7/c1-26-13-14-4-5-15-9-18(25(29)32-21(15)8-14)20(27)7-6-16-10-19-22(31-3)11-17(30-2)12-23(19)33-24(16)28/h4-12,26H,13H2,1-3H3/b7-6+. The maximum Gasteiger partial charge on any atom is 0.347 e. The van der Waals surface area contributed by atoms with Gasteiger partial charge in [-0.15, -0.1) is 0 Å². The molecule has 0 saturated carbocycles. The van der Waals surface area contributed by atoms with Gasteiger partial charge in [0.25, 0.3) is 0 Å². The molecule has 0 bridgehead atoms. The zero-order valence-electron chi connectivity index (χ0n) is 18.3. The largest absolute Gasteiger partial charge is 0.496 e. The Morgan fingerprint density at radius 2 is 1.76 bits per heavy atom. The molecule has 2 aromatic heterocycles. The van der Waals surface area contributed by atoms with Crippen molar-refractivity contribution in [1.82, 2.24) is 5.32 Å². The van der Waals surface area contributed by atoms with Crippen LogP contribution in [-0.4, -0.2) is 27.1 Å². The van der Waals surface area contributed by atoms with Crippen LogP contribution in [0.4, 0.5) is 0 Å². The molecular weight excluding hydrogens is 426 g/mol. The summed E-state index contributed by atoms with van der Waals surface area (Å²) in [6, 6.07) is 11.7. The number of hydrogen-bond acceptors (Lipinski definition) is 8. The van der Waals surface area contributed by atoms with Gasteiger partial charge in [0.05, 0.1) is 25.2 Å². The molecule has 0 spiro atoms. The van der Waals surface area contributed by atoms with E-state index in [1.807, 2.05) is 13.1 Å². The minimum atomic E-state index is -0.752. The molecular formula is C25H21NO7. The van der Waals surface area contributed by atoms with Crippen LogP contribution in [0, 0.1) is 0 Å². The molecule has 0 aliphatic rings. The van der Waals surface area contributed by atoms with Gasteiger partial charge < -0.3 is 23.6 Å². The lowest BCUT2D eigenvalue weighted by Crippen LogP contribution is -2.12. The van der Waals surface area contributed by atoms with Gasteiger partial charge in [-0.1, -0.05) is 12.1 Å². The summed E-state index contributed by atoms with van der Waals surface area (Å²) >= 11 is 0. The van der Waals surface area contributed by atoms with Crippen LogP contribution in [0.3, 0.4) is 0 Å². The SMILES string of the molecule is CNCc1ccc2cc(C(=O)/C=C/c3cc4c(OC)cc(OC)cc4oc3=O)c(=O)oc2c1. The number of ketones is 1. The highest BCUT2D eigenvalue weighted by Gasteiger charge is 2.14. The third-order valence-corrected chi connectivity index (χ3v) is 5.13. The molecule has 8 nitrogen and oxygen atoms in total. The first-order valence-electron chi connectivity index (χ1n) is 10.1. The van der Waals surface area contributed by atoms with Crippen molar-refractivity contribution in [3.05, 3.63) is 86.1 Å². The molecule has 2 heterocycles. The van der Waals surface area contributed by atoms with Gasteiger partial charge in [-0.05, 0) is 43.0 Å².